The van der Waals surface area contributed by atoms with Crippen molar-refractivity contribution in [2.45, 2.75) is 59.8 Å². The highest BCUT2D eigenvalue weighted by Crippen LogP contribution is 2.24. The Balaban J connectivity index is 2.19. The third-order valence-electron chi connectivity index (χ3n) is 3.79. The first-order chi connectivity index (χ1) is 10.1. The molecule has 0 N–H and O–H groups in total. The lowest BCUT2D eigenvalue weighted by Crippen LogP contribution is -2.11. The fourth-order valence-corrected chi connectivity index (χ4v) is 2.70. The molecule has 0 aliphatic carbocycles. The maximum atomic E-state index is 4.56. The van der Waals surface area contributed by atoms with Gasteiger partial charge in [-0.1, -0.05) is 65.8 Å². The van der Waals surface area contributed by atoms with Crippen LogP contribution in [-0.4, -0.2) is 4.98 Å². The van der Waals surface area contributed by atoms with Crippen LogP contribution in [0.15, 0.2) is 42.6 Å². The number of benzene rings is 1. The predicted molar refractivity (Wildman–Crippen MR) is 95.3 cm³/mol. The van der Waals surface area contributed by atoms with Crippen LogP contribution in [0.3, 0.4) is 0 Å². The number of rotatable bonds is 3. The van der Waals surface area contributed by atoms with Gasteiger partial charge in [0, 0.05) is 18.3 Å². The van der Waals surface area contributed by atoms with Gasteiger partial charge in [-0.15, -0.1) is 0 Å². The highest BCUT2D eigenvalue weighted by Gasteiger charge is 2.14. The Morgan fingerprint density at radius 1 is 0.864 bits per heavy atom. The maximum Gasteiger partial charge on any atom is 0.0450 e. The van der Waals surface area contributed by atoms with Gasteiger partial charge in [0.25, 0.3) is 0 Å². The molecule has 0 bridgehead atoms. The molecule has 118 valence electrons. The van der Waals surface area contributed by atoms with Crippen LogP contribution in [0.25, 0.3) is 0 Å². The van der Waals surface area contributed by atoms with Gasteiger partial charge in [0.15, 0.2) is 0 Å². The lowest BCUT2D eigenvalue weighted by molar-refractivity contribution is 0.411. The molecule has 0 saturated heterocycles. The van der Waals surface area contributed by atoms with Crippen molar-refractivity contribution in [1.82, 2.24) is 4.98 Å². The van der Waals surface area contributed by atoms with E-state index in [2.05, 4.69) is 82.9 Å². The van der Waals surface area contributed by atoms with Crippen molar-refractivity contribution in [2.75, 3.05) is 0 Å². The maximum absolute atomic E-state index is 4.56. The largest absolute Gasteiger partial charge is 0.261 e. The second kappa shape index (κ2) is 6.24. The normalized spacial score (nSPS) is 12.5. The van der Waals surface area contributed by atoms with Crippen molar-refractivity contribution in [3.63, 3.8) is 0 Å². The minimum absolute atomic E-state index is 0.192. The zero-order valence-corrected chi connectivity index (χ0v) is 14.9. The molecule has 0 saturated carbocycles. The summed E-state index contributed by atoms with van der Waals surface area (Å²) < 4.78 is 0. The molecule has 1 heterocycles. The molecule has 0 amide bonds. The Kier molecular flexibility index (Phi) is 4.75. The molecule has 1 heteroatoms. The average Bonchev–Trinajstić information content (AvgIpc) is 2.36. The highest BCUT2D eigenvalue weighted by molar-refractivity contribution is 5.31. The van der Waals surface area contributed by atoms with E-state index in [1.807, 2.05) is 6.20 Å². The van der Waals surface area contributed by atoms with E-state index in [9.17, 15) is 0 Å². The fourth-order valence-electron chi connectivity index (χ4n) is 2.70. The summed E-state index contributed by atoms with van der Waals surface area (Å²) in [6.07, 6.45) is 3.94. The average molecular weight is 295 g/mol. The molecule has 0 spiro atoms. The van der Waals surface area contributed by atoms with Crippen molar-refractivity contribution in [2.24, 2.45) is 5.41 Å². The Bertz CT molecular complexity index is 627. The highest BCUT2D eigenvalue weighted by atomic mass is 14.7. The van der Waals surface area contributed by atoms with Crippen molar-refractivity contribution >= 4 is 0 Å². The second-order valence-electron chi connectivity index (χ2n) is 8.52. The first kappa shape index (κ1) is 16.7. The third-order valence-corrected chi connectivity index (χ3v) is 3.79. The molecule has 1 aromatic heterocycles. The van der Waals surface area contributed by atoms with E-state index in [-0.39, 0.29) is 5.41 Å². The molecular formula is C21H29N. The molecule has 0 fully saturated rings. The van der Waals surface area contributed by atoms with Crippen molar-refractivity contribution in [3.05, 3.63) is 65.0 Å². The van der Waals surface area contributed by atoms with Crippen LogP contribution >= 0.6 is 0 Å². The smallest absolute Gasteiger partial charge is 0.0450 e. The molecule has 0 aliphatic heterocycles. The van der Waals surface area contributed by atoms with Crippen LogP contribution in [0.2, 0.25) is 0 Å². The van der Waals surface area contributed by atoms with Gasteiger partial charge < -0.3 is 0 Å². The van der Waals surface area contributed by atoms with E-state index in [1.54, 1.807) is 0 Å². The van der Waals surface area contributed by atoms with Gasteiger partial charge in [-0.3, -0.25) is 4.98 Å². The summed E-state index contributed by atoms with van der Waals surface area (Å²) in [6.45, 7) is 13.6. The van der Waals surface area contributed by atoms with Crippen molar-refractivity contribution in [3.8, 4) is 0 Å². The van der Waals surface area contributed by atoms with E-state index >= 15 is 0 Å². The molecule has 0 radical (unpaired) electrons. The van der Waals surface area contributed by atoms with Gasteiger partial charge in [0.2, 0.25) is 0 Å². The van der Waals surface area contributed by atoms with Crippen LogP contribution in [0, 0.1) is 5.41 Å². The summed E-state index contributed by atoms with van der Waals surface area (Å²) in [5.41, 5.74) is 5.77. The Hall–Kier alpha value is -1.63. The molecule has 0 aliphatic rings. The van der Waals surface area contributed by atoms with E-state index in [4.69, 9.17) is 0 Å². The monoisotopic (exact) mass is 295 g/mol. The van der Waals surface area contributed by atoms with Gasteiger partial charge in [0.05, 0.1) is 0 Å². The van der Waals surface area contributed by atoms with Crippen LogP contribution in [0.4, 0.5) is 0 Å². The topological polar surface area (TPSA) is 12.9 Å². The zero-order valence-electron chi connectivity index (χ0n) is 14.9. The molecule has 0 unspecified atom stereocenters. The number of nitrogens with zero attached hydrogens (tertiary/aromatic N) is 1. The molecule has 22 heavy (non-hydrogen) atoms. The van der Waals surface area contributed by atoms with E-state index < -0.39 is 0 Å². The first-order valence-electron chi connectivity index (χ1n) is 8.17. The number of hydrogen-bond donors (Lipinski definition) is 0. The van der Waals surface area contributed by atoms with Gasteiger partial charge in [-0.2, -0.15) is 0 Å². The van der Waals surface area contributed by atoms with Crippen LogP contribution in [-0.2, 0) is 18.3 Å². The summed E-state index contributed by atoms with van der Waals surface area (Å²) in [5.74, 6) is 0. The van der Waals surface area contributed by atoms with Gasteiger partial charge in [0.1, 0.15) is 0 Å². The Morgan fingerprint density at radius 3 is 2.23 bits per heavy atom. The number of aromatic nitrogens is 1. The lowest BCUT2D eigenvalue weighted by Gasteiger charge is -2.20. The minimum atomic E-state index is 0.192. The molecular weight excluding hydrogens is 266 g/mol. The van der Waals surface area contributed by atoms with E-state index in [0.717, 1.165) is 18.5 Å². The molecule has 2 aromatic rings. The third kappa shape index (κ3) is 4.98. The van der Waals surface area contributed by atoms with Gasteiger partial charge in [-0.05, 0) is 46.1 Å². The minimum Gasteiger partial charge on any atom is -0.261 e. The first-order valence-corrected chi connectivity index (χ1v) is 8.17. The van der Waals surface area contributed by atoms with Crippen LogP contribution in [0.5, 0.6) is 0 Å². The standard InChI is InChI=1S/C21H29N/c1-20(2,3)15-17-10-11-22-19(14-17)13-16-8-7-9-18(12-16)21(4,5)6/h7-12,14H,13,15H2,1-6H3. The van der Waals surface area contributed by atoms with Crippen molar-refractivity contribution in [1.29, 1.82) is 0 Å². The summed E-state index contributed by atoms with van der Waals surface area (Å²) in [5, 5.41) is 0. The van der Waals surface area contributed by atoms with Crippen molar-refractivity contribution < 1.29 is 0 Å². The zero-order chi connectivity index (χ0) is 16.4. The Labute approximate surface area is 135 Å². The van der Waals surface area contributed by atoms with Gasteiger partial charge in [-0.25, -0.2) is 0 Å². The molecule has 2 rings (SSSR count). The summed E-state index contributed by atoms with van der Waals surface area (Å²) in [6, 6.07) is 13.3. The molecule has 0 atom stereocenters. The number of pyridine rings is 1. The second-order valence-corrected chi connectivity index (χ2v) is 8.52. The fraction of sp³-hybridized carbons (Fsp3) is 0.476. The predicted octanol–water partition coefficient (Wildman–Crippen LogP) is 5.56. The van der Waals surface area contributed by atoms with Crippen LogP contribution in [0.1, 0.15) is 63.9 Å². The lowest BCUT2D eigenvalue weighted by atomic mass is 9.85. The molecule has 1 aromatic carbocycles. The summed E-state index contributed by atoms with van der Waals surface area (Å²) >= 11 is 0. The van der Waals surface area contributed by atoms with E-state index in [0.29, 0.717) is 5.41 Å². The summed E-state index contributed by atoms with van der Waals surface area (Å²) in [4.78, 5) is 4.56. The quantitative estimate of drug-likeness (QED) is 0.722. The molecule has 1 nitrogen and oxygen atoms in total. The number of hydrogen-bond acceptors (Lipinski definition) is 1. The van der Waals surface area contributed by atoms with Gasteiger partial charge >= 0.3 is 0 Å². The van der Waals surface area contributed by atoms with Crippen LogP contribution < -0.4 is 0 Å². The summed E-state index contributed by atoms with van der Waals surface area (Å²) in [7, 11) is 0. The van der Waals surface area contributed by atoms with E-state index in [1.165, 1.54) is 16.7 Å². The Morgan fingerprint density at radius 2 is 1.59 bits per heavy atom. The SMILES string of the molecule is CC(C)(C)Cc1ccnc(Cc2cccc(C(C)(C)C)c2)c1.